The van der Waals surface area contributed by atoms with Gasteiger partial charge in [-0.2, -0.15) is 0 Å². The van der Waals surface area contributed by atoms with E-state index in [0.717, 1.165) is 27.8 Å². The van der Waals surface area contributed by atoms with Crippen molar-refractivity contribution in [1.82, 2.24) is 15.0 Å². The molecule has 0 unspecified atom stereocenters. The van der Waals surface area contributed by atoms with Crippen LogP contribution in [0.1, 0.15) is 33.3 Å². The van der Waals surface area contributed by atoms with E-state index in [1.807, 2.05) is 54.6 Å². The monoisotopic (exact) mass is 641 g/mol. The highest BCUT2D eigenvalue weighted by molar-refractivity contribution is 5.99. The molecular weight excluding hydrogens is 607 g/mol. The van der Waals surface area contributed by atoms with Crippen LogP contribution in [0.15, 0.2) is 170 Å². The van der Waals surface area contributed by atoms with Crippen LogP contribution in [-0.2, 0) is 5.41 Å². The Labute approximate surface area is 297 Å². The third-order valence-corrected chi connectivity index (χ3v) is 10.1. The normalized spacial score (nSPS) is 14.2. The Morgan fingerprint density at radius 3 is 1.48 bits per heavy atom. The minimum Gasteiger partial charge on any atom is -0.208 e. The van der Waals surface area contributed by atoms with Crippen LogP contribution >= 0.6 is 0 Å². The summed E-state index contributed by atoms with van der Waals surface area (Å²) in [4.78, 5) is 15.3. The van der Waals surface area contributed by atoms with Gasteiger partial charge in [-0.25, -0.2) is 15.0 Å². The molecule has 0 atom stereocenters. The van der Waals surface area contributed by atoms with Gasteiger partial charge in [-0.05, 0) is 62.6 Å². The number of aromatic nitrogens is 3. The maximum Gasteiger partial charge on any atom is 0.164 e. The second-order valence-electron chi connectivity index (χ2n) is 12.9. The van der Waals surface area contributed by atoms with Crippen LogP contribution in [0.3, 0.4) is 0 Å². The smallest absolute Gasteiger partial charge is 0.164 e. The van der Waals surface area contributed by atoms with Crippen LogP contribution in [-0.4, -0.2) is 15.0 Å². The van der Waals surface area contributed by atoms with Crippen LogP contribution in [0.25, 0.3) is 67.5 Å². The molecule has 0 saturated carbocycles. The van der Waals surface area contributed by atoms with Gasteiger partial charge in [0.1, 0.15) is 0 Å². The van der Waals surface area contributed by atoms with Gasteiger partial charge in [-0.15, -0.1) is 0 Å². The van der Waals surface area contributed by atoms with Gasteiger partial charge in [0.2, 0.25) is 0 Å². The molecule has 0 bridgehead atoms. The van der Waals surface area contributed by atoms with Crippen molar-refractivity contribution in [3.05, 3.63) is 198 Å². The summed E-state index contributed by atoms with van der Waals surface area (Å²) < 4.78 is 33.9. The van der Waals surface area contributed by atoms with Crippen molar-refractivity contribution in [2.45, 2.75) is 12.3 Å². The number of benzene rings is 7. The molecule has 0 aliphatic heterocycles. The lowest BCUT2D eigenvalue weighted by Crippen LogP contribution is -2.25. The van der Waals surface area contributed by atoms with Gasteiger partial charge in [-0.1, -0.05) is 175 Å². The third-order valence-electron chi connectivity index (χ3n) is 10.1. The molecule has 0 fully saturated rings. The first-order valence-corrected chi connectivity index (χ1v) is 16.8. The predicted octanol–water partition coefficient (Wildman–Crippen LogP) is 11.2. The van der Waals surface area contributed by atoms with E-state index in [0.29, 0.717) is 28.6 Å². The summed E-state index contributed by atoms with van der Waals surface area (Å²) >= 11 is 0. The third kappa shape index (κ3) is 4.13. The molecular formula is C47H31N3. The van der Waals surface area contributed by atoms with Crippen LogP contribution in [0.5, 0.6) is 0 Å². The Kier molecular flexibility index (Phi) is 5.45. The van der Waals surface area contributed by atoms with Crippen molar-refractivity contribution >= 4 is 0 Å². The SMILES string of the molecule is [2H]c1c([2H])c(-c2ccc(-c3nc(-c4ccccc4)nc(-c4cccc5c4-c4ccccc4C54c5ccccc5-c5ccccc54)n3)cc2)c([2H])c([2H])c1C. The summed E-state index contributed by atoms with van der Waals surface area (Å²) in [5.74, 6) is 1.60. The van der Waals surface area contributed by atoms with Crippen LogP contribution in [0, 0.1) is 6.92 Å². The molecule has 234 valence electrons. The molecule has 2 aliphatic carbocycles. The summed E-state index contributed by atoms with van der Waals surface area (Å²) in [5, 5.41) is 0. The Morgan fingerprint density at radius 2 is 0.840 bits per heavy atom. The van der Waals surface area contributed by atoms with Gasteiger partial charge in [-0.3, -0.25) is 0 Å². The Bertz CT molecular complexity index is 2760. The van der Waals surface area contributed by atoms with Crippen LogP contribution < -0.4 is 0 Å². The first kappa shape index (κ1) is 24.7. The minimum absolute atomic E-state index is 0.0342. The summed E-state index contributed by atoms with van der Waals surface area (Å²) in [5.41, 5.74) is 12.9. The first-order valence-electron chi connectivity index (χ1n) is 18.8. The minimum atomic E-state index is -0.496. The van der Waals surface area contributed by atoms with Crippen molar-refractivity contribution in [2.24, 2.45) is 0 Å². The summed E-state index contributed by atoms with van der Waals surface area (Å²) in [6.07, 6.45) is 0. The number of rotatable bonds is 4. The van der Waals surface area contributed by atoms with Gasteiger partial charge in [0.25, 0.3) is 0 Å². The average molecular weight is 642 g/mol. The lowest BCUT2D eigenvalue weighted by atomic mass is 9.70. The maximum atomic E-state index is 8.60. The fourth-order valence-corrected chi connectivity index (χ4v) is 7.98. The molecule has 0 N–H and O–H groups in total. The van der Waals surface area contributed by atoms with Gasteiger partial charge < -0.3 is 0 Å². The Balaban J connectivity index is 1.19. The van der Waals surface area contributed by atoms with Gasteiger partial charge in [0.15, 0.2) is 17.5 Å². The molecule has 1 aromatic heterocycles. The summed E-state index contributed by atoms with van der Waals surface area (Å²) in [6.45, 7) is 1.61. The highest BCUT2D eigenvalue weighted by Crippen LogP contribution is 2.63. The standard InChI is InChI=1S/C47H31N3/c1-30-22-24-31(25-23-30)32-26-28-34(29-27-32)45-48-44(33-12-3-2-4-13-33)49-46(50-45)38-17-11-21-42-43(38)37-16-7-10-20-41(37)47(42)39-18-8-5-14-35(39)36-15-6-9-19-40(36)47/h2-29H,1H3/i22D,23D,24D,25D. The summed E-state index contributed by atoms with van der Waals surface area (Å²) in [6, 6.07) is 49.8. The number of hydrogen-bond donors (Lipinski definition) is 0. The molecule has 10 rings (SSSR count). The topological polar surface area (TPSA) is 38.7 Å². The van der Waals surface area contributed by atoms with Crippen LogP contribution in [0.2, 0.25) is 0 Å². The highest BCUT2D eigenvalue weighted by Gasteiger charge is 2.52. The van der Waals surface area contributed by atoms with Gasteiger partial charge in [0.05, 0.1) is 10.9 Å². The van der Waals surface area contributed by atoms with E-state index in [2.05, 4.69) is 91.0 Å². The molecule has 1 spiro atoms. The number of fused-ring (bicyclic) bond motifs is 10. The fraction of sp³-hybridized carbons (Fsp3) is 0.0426. The molecule has 3 nitrogen and oxygen atoms in total. The molecule has 3 heteroatoms. The second-order valence-corrected chi connectivity index (χ2v) is 12.9. The molecule has 0 amide bonds. The van der Waals surface area contributed by atoms with Gasteiger partial charge in [0, 0.05) is 16.7 Å². The molecule has 1 heterocycles. The van der Waals surface area contributed by atoms with Crippen molar-refractivity contribution in [1.29, 1.82) is 0 Å². The first-order chi connectivity index (χ1) is 26.4. The second kappa shape index (κ2) is 11.0. The van der Waals surface area contributed by atoms with E-state index < -0.39 is 5.41 Å². The van der Waals surface area contributed by atoms with Crippen LogP contribution in [0.4, 0.5) is 0 Å². The molecule has 50 heavy (non-hydrogen) atoms. The molecule has 0 saturated heterocycles. The van der Waals surface area contributed by atoms with E-state index in [1.54, 1.807) is 6.92 Å². The predicted molar refractivity (Wildman–Crippen MR) is 203 cm³/mol. The maximum absolute atomic E-state index is 8.60. The quantitative estimate of drug-likeness (QED) is 0.192. The van der Waals surface area contributed by atoms with E-state index in [1.165, 1.54) is 33.4 Å². The molecule has 0 radical (unpaired) electrons. The molecule has 8 aromatic rings. The zero-order valence-electron chi connectivity index (χ0n) is 31.2. The summed E-state index contributed by atoms with van der Waals surface area (Å²) in [7, 11) is 0. The van der Waals surface area contributed by atoms with E-state index in [4.69, 9.17) is 20.4 Å². The van der Waals surface area contributed by atoms with Crippen molar-refractivity contribution in [3.8, 4) is 67.5 Å². The average Bonchev–Trinajstić information content (AvgIpc) is 3.70. The molecule has 2 aliphatic rings. The van der Waals surface area contributed by atoms with E-state index in [9.17, 15) is 0 Å². The molecule has 7 aromatic carbocycles. The zero-order chi connectivity index (χ0) is 36.7. The van der Waals surface area contributed by atoms with E-state index in [-0.39, 0.29) is 29.7 Å². The van der Waals surface area contributed by atoms with Crippen molar-refractivity contribution in [2.75, 3.05) is 0 Å². The van der Waals surface area contributed by atoms with Gasteiger partial charge >= 0.3 is 0 Å². The van der Waals surface area contributed by atoms with Crippen molar-refractivity contribution in [3.63, 3.8) is 0 Å². The highest BCUT2D eigenvalue weighted by atomic mass is 15.0. The van der Waals surface area contributed by atoms with E-state index >= 15 is 0 Å². The lowest BCUT2D eigenvalue weighted by molar-refractivity contribution is 0.794. The number of hydrogen-bond acceptors (Lipinski definition) is 3. The Hall–Kier alpha value is -6.45. The zero-order valence-corrected chi connectivity index (χ0v) is 27.2. The Morgan fingerprint density at radius 1 is 0.380 bits per heavy atom. The fourth-order valence-electron chi connectivity index (χ4n) is 7.98. The largest absolute Gasteiger partial charge is 0.208 e. The number of nitrogens with zero attached hydrogens (tertiary/aromatic N) is 3. The van der Waals surface area contributed by atoms with Crippen molar-refractivity contribution < 1.29 is 5.48 Å². The lowest BCUT2D eigenvalue weighted by Gasteiger charge is -2.30.